The molecule has 138 valence electrons. The fourth-order valence-electron chi connectivity index (χ4n) is 4.31. The average Bonchev–Trinajstić information content (AvgIpc) is 2.68. The molecule has 5 aromatic carbocycles. The molecule has 0 heterocycles. The van der Waals surface area contributed by atoms with Crippen LogP contribution in [-0.4, -0.2) is 8.07 Å². The Balaban J connectivity index is 1.81. The number of hydrogen-bond donors (Lipinski definition) is 2. The molecule has 5 rings (SSSR count). The monoisotopic (exact) mass is 380 g/mol. The lowest BCUT2D eigenvalue weighted by atomic mass is 9.89. The molecule has 0 aliphatic carbocycles. The van der Waals surface area contributed by atoms with E-state index in [1.54, 1.807) is 0 Å². The number of benzene rings is 5. The van der Waals surface area contributed by atoms with E-state index in [1.807, 2.05) is 6.07 Å². The van der Waals surface area contributed by atoms with Crippen LogP contribution in [0.2, 0.25) is 19.6 Å². The third kappa shape index (κ3) is 2.40. The molecule has 0 atom stereocenters. The van der Waals surface area contributed by atoms with E-state index in [0.717, 1.165) is 27.7 Å². The molecule has 0 saturated carbocycles. The van der Waals surface area contributed by atoms with Gasteiger partial charge >= 0.3 is 0 Å². The van der Waals surface area contributed by atoms with Gasteiger partial charge in [0.2, 0.25) is 0 Å². The van der Waals surface area contributed by atoms with Crippen molar-refractivity contribution in [3.05, 3.63) is 66.7 Å². The predicted octanol–water partition coefficient (Wildman–Crippen LogP) is 5.96. The molecule has 2 nitrogen and oxygen atoms in total. The van der Waals surface area contributed by atoms with Crippen molar-refractivity contribution in [3.63, 3.8) is 0 Å². The van der Waals surface area contributed by atoms with Crippen LogP contribution in [0.4, 0.5) is 11.4 Å². The third-order valence-corrected chi connectivity index (χ3v) is 7.99. The van der Waals surface area contributed by atoms with E-state index in [2.05, 4.69) is 80.3 Å². The summed E-state index contributed by atoms with van der Waals surface area (Å²) in [7, 11) is -1.31. The van der Waals surface area contributed by atoms with E-state index in [1.165, 1.54) is 32.3 Å². The van der Waals surface area contributed by atoms with Crippen LogP contribution in [0.3, 0.4) is 0 Å². The van der Waals surface area contributed by atoms with E-state index in [-0.39, 0.29) is 0 Å². The maximum Gasteiger partial charge on any atom is 0.0775 e. The van der Waals surface area contributed by atoms with Crippen LogP contribution in [-0.2, 0) is 0 Å². The first-order chi connectivity index (χ1) is 13.3. The van der Waals surface area contributed by atoms with Gasteiger partial charge in [0, 0.05) is 27.7 Å². The maximum absolute atomic E-state index is 6.70. The van der Waals surface area contributed by atoms with E-state index in [9.17, 15) is 0 Å². The highest BCUT2D eigenvalue weighted by Gasteiger charge is 2.18. The van der Waals surface area contributed by atoms with Crippen molar-refractivity contribution >= 4 is 57.0 Å². The number of nitrogen functional groups attached to an aromatic ring is 2. The Labute approximate surface area is 166 Å². The Hall–Kier alpha value is -3.04. The van der Waals surface area contributed by atoms with Gasteiger partial charge in [-0.05, 0) is 39.2 Å². The van der Waals surface area contributed by atoms with Crippen LogP contribution in [0.25, 0.3) is 43.4 Å². The summed E-state index contributed by atoms with van der Waals surface area (Å²) >= 11 is 0. The topological polar surface area (TPSA) is 52.0 Å². The standard InChI is InChI=1S/C25H24N2Si/c1-28(2,3)18-9-4-15(5-10-18)21-14-17-7-11-19-22(26)13-8-16-6-12-20(25(21)27)24(17)23(16)19/h4-14H,26-27H2,1-3H3. The van der Waals surface area contributed by atoms with Crippen LogP contribution < -0.4 is 16.7 Å². The summed E-state index contributed by atoms with van der Waals surface area (Å²) in [6.07, 6.45) is 0. The molecule has 0 aromatic heterocycles. The van der Waals surface area contributed by atoms with Gasteiger partial charge in [0.1, 0.15) is 0 Å². The van der Waals surface area contributed by atoms with E-state index >= 15 is 0 Å². The second kappa shape index (κ2) is 5.73. The van der Waals surface area contributed by atoms with Crippen molar-refractivity contribution in [3.8, 4) is 11.1 Å². The summed E-state index contributed by atoms with van der Waals surface area (Å²) in [6, 6.07) is 23.9. The summed E-state index contributed by atoms with van der Waals surface area (Å²) in [5.74, 6) is 0. The zero-order valence-corrected chi connectivity index (χ0v) is 17.5. The first-order valence-corrected chi connectivity index (χ1v) is 13.2. The van der Waals surface area contributed by atoms with Crippen LogP contribution in [0.15, 0.2) is 66.7 Å². The first-order valence-electron chi connectivity index (χ1n) is 9.71. The van der Waals surface area contributed by atoms with Gasteiger partial charge in [0.15, 0.2) is 0 Å². The molecular formula is C25H24N2Si. The van der Waals surface area contributed by atoms with Gasteiger partial charge in [-0.15, -0.1) is 0 Å². The van der Waals surface area contributed by atoms with Crippen molar-refractivity contribution in [1.29, 1.82) is 0 Å². The molecule has 0 bridgehead atoms. The number of anilines is 2. The number of hydrogen-bond acceptors (Lipinski definition) is 2. The van der Waals surface area contributed by atoms with Gasteiger partial charge in [0.25, 0.3) is 0 Å². The Morgan fingerprint density at radius 2 is 1.25 bits per heavy atom. The lowest BCUT2D eigenvalue weighted by Gasteiger charge is -2.19. The first kappa shape index (κ1) is 17.1. The molecule has 3 heteroatoms. The normalized spacial score (nSPS) is 12.4. The minimum Gasteiger partial charge on any atom is -0.398 e. The molecule has 0 saturated heterocycles. The van der Waals surface area contributed by atoms with Gasteiger partial charge in [-0.2, -0.15) is 0 Å². The smallest absolute Gasteiger partial charge is 0.0775 e. The van der Waals surface area contributed by atoms with Gasteiger partial charge in [-0.25, -0.2) is 0 Å². The summed E-state index contributed by atoms with van der Waals surface area (Å²) < 4.78 is 0. The summed E-state index contributed by atoms with van der Waals surface area (Å²) in [5, 5.41) is 8.49. The van der Waals surface area contributed by atoms with Gasteiger partial charge < -0.3 is 11.5 Å². The largest absolute Gasteiger partial charge is 0.398 e. The summed E-state index contributed by atoms with van der Waals surface area (Å²) in [5.41, 5.74) is 16.9. The maximum atomic E-state index is 6.70. The fraction of sp³-hybridized carbons (Fsp3) is 0.120. The minimum atomic E-state index is -1.31. The molecule has 0 radical (unpaired) electrons. The molecule has 28 heavy (non-hydrogen) atoms. The quantitative estimate of drug-likeness (QED) is 0.225. The highest BCUT2D eigenvalue weighted by atomic mass is 28.3. The zero-order chi connectivity index (χ0) is 19.6. The third-order valence-electron chi connectivity index (χ3n) is 5.92. The van der Waals surface area contributed by atoms with Crippen molar-refractivity contribution < 1.29 is 0 Å². The highest BCUT2D eigenvalue weighted by molar-refractivity contribution is 6.88. The Morgan fingerprint density at radius 3 is 1.96 bits per heavy atom. The number of rotatable bonds is 2. The van der Waals surface area contributed by atoms with E-state index < -0.39 is 8.07 Å². The van der Waals surface area contributed by atoms with Crippen LogP contribution in [0.1, 0.15) is 0 Å². The molecule has 0 aliphatic rings. The predicted molar refractivity (Wildman–Crippen MR) is 127 cm³/mol. The van der Waals surface area contributed by atoms with Gasteiger partial charge in [-0.3, -0.25) is 0 Å². The molecule has 0 fully saturated rings. The van der Waals surface area contributed by atoms with Crippen molar-refractivity contribution in [1.82, 2.24) is 0 Å². The average molecular weight is 381 g/mol. The fourth-order valence-corrected chi connectivity index (χ4v) is 5.48. The Kier molecular flexibility index (Phi) is 3.49. The molecular weight excluding hydrogens is 356 g/mol. The van der Waals surface area contributed by atoms with Crippen LogP contribution >= 0.6 is 0 Å². The van der Waals surface area contributed by atoms with Crippen LogP contribution in [0, 0.1) is 0 Å². The number of nitrogens with two attached hydrogens (primary N) is 2. The van der Waals surface area contributed by atoms with E-state index in [0.29, 0.717) is 0 Å². The van der Waals surface area contributed by atoms with Crippen LogP contribution in [0.5, 0.6) is 0 Å². The van der Waals surface area contributed by atoms with E-state index in [4.69, 9.17) is 11.5 Å². The Bertz CT molecular complexity index is 1350. The molecule has 0 amide bonds. The molecule has 4 N–H and O–H groups in total. The lowest BCUT2D eigenvalue weighted by molar-refractivity contribution is 1.64. The zero-order valence-electron chi connectivity index (χ0n) is 16.5. The Morgan fingerprint density at radius 1 is 0.643 bits per heavy atom. The minimum absolute atomic E-state index is 0.812. The SMILES string of the molecule is C[Si](C)(C)c1ccc(-c2cc3ccc4c(N)ccc5ccc(c2N)c3c54)cc1. The van der Waals surface area contributed by atoms with Gasteiger partial charge in [0.05, 0.1) is 8.07 Å². The van der Waals surface area contributed by atoms with Crippen molar-refractivity contribution in [2.45, 2.75) is 19.6 Å². The van der Waals surface area contributed by atoms with Crippen molar-refractivity contribution in [2.75, 3.05) is 11.5 Å². The molecule has 0 unspecified atom stereocenters. The highest BCUT2D eigenvalue weighted by Crippen LogP contribution is 2.42. The van der Waals surface area contributed by atoms with Crippen molar-refractivity contribution in [2.24, 2.45) is 0 Å². The molecule has 0 aliphatic heterocycles. The molecule has 5 aromatic rings. The second-order valence-electron chi connectivity index (χ2n) is 8.74. The van der Waals surface area contributed by atoms with Gasteiger partial charge in [-0.1, -0.05) is 79.4 Å². The second-order valence-corrected chi connectivity index (χ2v) is 13.8. The molecule has 0 spiro atoms. The summed E-state index contributed by atoms with van der Waals surface area (Å²) in [6.45, 7) is 7.11. The lowest BCUT2D eigenvalue weighted by Crippen LogP contribution is -2.37. The summed E-state index contributed by atoms with van der Waals surface area (Å²) in [4.78, 5) is 0.